The topological polar surface area (TPSA) is 47.9 Å². The van der Waals surface area contributed by atoms with E-state index in [2.05, 4.69) is 11.2 Å². The molecule has 2 aromatic rings. The van der Waals surface area contributed by atoms with Crippen LogP contribution in [-0.4, -0.2) is 24.0 Å². The SMILES string of the molecule is O=C(COc1ccc(Cl)cc1)O/N=C1\CCCSc2ccccc21. The van der Waals surface area contributed by atoms with Crippen LogP contribution < -0.4 is 4.74 Å². The Hall–Kier alpha value is -1.98. The Labute approximate surface area is 149 Å². The Morgan fingerprint density at radius 1 is 1.17 bits per heavy atom. The second-order valence-corrected chi connectivity index (χ2v) is 6.77. The average molecular weight is 362 g/mol. The Morgan fingerprint density at radius 3 is 2.79 bits per heavy atom. The van der Waals surface area contributed by atoms with E-state index in [1.807, 2.05) is 18.2 Å². The van der Waals surface area contributed by atoms with E-state index in [0.29, 0.717) is 10.8 Å². The van der Waals surface area contributed by atoms with E-state index in [1.54, 1.807) is 36.0 Å². The van der Waals surface area contributed by atoms with Crippen LogP contribution in [0.25, 0.3) is 0 Å². The van der Waals surface area contributed by atoms with Gasteiger partial charge in [-0.3, -0.25) is 0 Å². The number of hydrogen-bond acceptors (Lipinski definition) is 5. The van der Waals surface area contributed by atoms with Gasteiger partial charge in [-0.25, -0.2) is 4.79 Å². The molecule has 6 heteroatoms. The Bertz CT molecular complexity index is 746. The quantitative estimate of drug-likeness (QED) is 0.592. The molecule has 0 bridgehead atoms. The highest BCUT2D eigenvalue weighted by molar-refractivity contribution is 7.99. The van der Waals surface area contributed by atoms with Crippen molar-refractivity contribution in [3.8, 4) is 5.75 Å². The first-order chi connectivity index (χ1) is 11.7. The van der Waals surface area contributed by atoms with Gasteiger partial charge in [-0.15, -0.1) is 11.8 Å². The highest BCUT2D eigenvalue weighted by Gasteiger charge is 2.15. The predicted octanol–water partition coefficient (Wildman–Crippen LogP) is 4.55. The van der Waals surface area contributed by atoms with Gasteiger partial charge >= 0.3 is 5.97 Å². The molecule has 0 radical (unpaired) electrons. The fraction of sp³-hybridized carbons (Fsp3) is 0.222. The minimum absolute atomic E-state index is 0.200. The minimum Gasteiger partial charge on any atom is -0.482 e. The Kier molecular flexibility index (Phi) is 5.77. The van der Waals surface area contributed by atoms with Gasteiger partial charge in [0.15, 0.2) is 6.61 Å². The number of oxime groups is 1. The Morgan fingerprint density at radius 2 is 1.96 bits per heavy atom. The van der Waals surface area contributed by atoms with Gasteiger partial charge in [0.1, 0.15) is 5.75 Å². The van der Waals surface area contributed by atoms with Gasteiger partial charge < -0.3 is 9.57 Å². The van der Waals surface area contributed by atoms with Gasteiger partial charge in [-0.2, -0.15) is 0 Å². The van der Waals surface area contributed by atoms with Crippen LogP contribution in [-0.2, 0) is 9.63 Å². The third-order valence-corrected chi connectivity index (χ3v) is 4.85. The van der Waals surface area contributed by atoms with Crippen LogP contribution in [0.2, 0.25) is 5.02 Å². The number of thioether (sulfide) groups is 1. The van der Waals surface area contributed by atoms with Crippen molar-refractivity contribution in [2.75, 3.05) is 12.4 Å². The predicted molar refractivity (Wildman–Crippen MR) is 96.0 cm³/mol. The lowest BCUT2D eigenvalue weighted by atomic mass is 10.1. The van der Waals surface area contributed by atoms with Crippen molar-refractivity contribution in [3.05, 3.63) is 59.1 Å². The number of halogens is 1. The summed E-state index contributed by atoms with van der Waals surface area (Å²) in [5.74, 6) is 1.05. The fourth-order valence-electron chi connectivity index (χ4n) is 2.29. The van der Waals surface area contributed by atoms with Gasteiger partial charge in [-0.05, 0) is 48.9 Å². The smallest absolute Gasteiger partial charge is 0.372 e. The molecule has 0 spiro atoms. The molecule has 4 nitrogen and oxygen atoms in total. The highest BCUT2D eigenvalue weighted by atomic mass is 35.5. The molecule has 24 heavy (non-hydrogen) atoms. The van der Waals surface area contributed by atoms with Crippen LogP contribution in [0.1, 0.15) is 18.4 Å². The summed E-state index contributed by atoms with van der Waals surface area (Å²) in [6, 6.07) is 14.8. The van der Waals surface area contributed by atoms with Crippen LogP contribution in [0.4, 0.5) is 0 Å². The summed E-state index contributed by atoms with van der Waals surface area (Å²) < 4.78 is 5.35. The highest BCUT2D eigenvalue weighted by Crippen LogP contribution is 2.29. The molecule has 0 saturated heterocycles. The van der Waals surface area contributed by atoms with Crippen molar-refractivity contribution >= 4 is 35.0 Å². The lowest BCUT2D eigenvalue weighted by Crippen LogP contribution is -2.14. The molecule has 0 saturated carbocycles. The van der Waals surface area contributed by atoms with Crippen LogP contribution in [0.15, 0.2) is 58.6 Å². The van der Waals surface area contributed by atoms with Crippen LogP contribution in [0, 0.1) is 0 Å². The number of carbonyl (C=O) groups is 1. The van der Waals surface area contributed by atoms with Gasteiger partial charge in [0.05, 0.1) is 5.71 Å². The van der Waals surface area contributed by atoms with Crippen LogP contribution in [0.3, 0.4) is 0 Å². The minimum atomic E-state index is -0.535. The van der Waals surface area contributed by atoms with Crippen molar-refractivity contribution in [3.63, 3.8) is 0 Å². The maximum absolute atomic E-state index is 11.8. The first-order valence-corrected chi connectivity index (χ1v) is 8.96. The van der Waals surface area contributed by atoms with Crippen molar-refractivity contribution in [2.24, 2.45) is 5.16 Å². The van der Waals surface area contributed by atoms with Gasteiger partial charge in [-0.1, -0.05) is 35.0 Å². The van der Waals surface area contributed by atoms with Gasteiger partial charge in [0, 0.05) is 15.5 Å². The molecule has 1 aliphatic rings. The third kappa shape index (κ3) is 4.52. The van der Waals surface area contributed by atoms with E-state index in [4.69, 9.17) is 21.2 Å². The number of nitrogens with zero attached hydrogens (tertiary/aromatic N) is 1. The van der Waals surface area contributed by atoms with E-state index in [0.717, 1.165) is 29.9 Å². The summed E-state index contributed by atoms with van der Waals surface area (Å²) in [7, 11) is 0. The molecular formula is C18H16ClNO3S. The normalized spacial score (nSPS) is 15.5. The zero-order valence-electron chi connectivity index (χ0n) is 12.9. The second-order valence-electron chi connectivity index (χ2n) is 5.19. The molecule has 0 amide bonds. The molecule has 124 valence electrons. The lowest BCUT2D eigenvalue weighted by molar-refractivity contribution is -0.146. The molecule has 1 heterocycles. The summed E-state index contributed by atoms with van der Waals surface area (Å²) in [5.41, 5.74) is 1.84. The molecule has 0 atom stereocenters. The van der Waals surface area contributed by atoms with Crippen molar-refractivity contribution in [2.45, 2.75) is 17.7 Å². The molecule has 2 aromatic carbocycles. The maximum Gasteiger partial charge on any atom is 0.372 e. The van der Waals surface area contributed by atoms with Gasteiger partial charge in [0.25, 0.3) is 0 Å². The van der Waals surface area contributed by atoms with Gasteiger partial charge in [0.2, 0.25) is 0 Å². The van der Waals surface area contributed by atoms with Crippen molar-refractivity contribution in [1.82, 2.24) is 0 Å². The fourth-order valence-corrected chi connectivity index (χ4v) is 3.44. The summed E-state index contributed by atoms with van der Waals surface area (Å²) in [5, 5.41) is 4.68. The molecular weight excluding hydrogens is 346 g/mol. The largest absolute Gasteiger partial charge is 0.482 e. The summed E-state index contributed by atoms with van der Waals surface area (Å²) in [6.07, 6.45) is 1.78. The number of rotatable bonds is 4. The number of fused-ring (bicyclic) bond motifs is 1. The number of benzene rings is 2. The lowest BCUT2D eigenvalue weighted by Gasteiger charge is -2.07. The average Bonchev–Trinajstić information content (AvgIpc) is 2.82. The zero-order valence-corrected chi connectivity index (χ0v) is 14.5. The first-order valence-electron chi connectivity index (χ1n) is 7.59. The van der Waals surface area contributed by atoms with Crippen LogP contribution >= 0.6 is 23.4 Å². The third-order valence-electron chi connectivity index (χ3n) is 3.44. The second kappa shape index (κ2) is 8.22. The van der Waals surface area contributed by atoms with E-state index in [1.165, 1.54) is 4.90 Å². The Balaban J connectivity index is 1.60. The first kappa shape index (κ1) is 16.9. The summed E-state index contributed by atoms with van der Waals surface area (Å²) in [4.78, 5) is 18.0. The standard InChI is InChI=1S/C18H16ClNO3S/c19-13-7-9-14(10-8-13)22-12-18(21)23-20-16-5-3-11-24-17-6-2-1-4-15(16)17/h1-2,4,6-10H,3,5,11-12H2/b20-16+. The molecule has 0 N–H and O–H groups in total. The zero-order chi connectivity index (χ0) is 16.8. The summed E-state index contributed by atoms with van der Waals surface area (Å²) >= 11 is 7.60. The van der Waals surface area contributed by atoms with E-state index < -0.39 is 5.97 Å². The number of hydrogen-bond donors (Lipinski definition) is 0. The number of carbonyl (C=O) groups excluding carboxylic acids is 1. The molecule has 0 unspecified atom stereocenters. The molecule has 3 rings (SSSR count). The van der Waals surface area contributed by atoms with Crippen molar-refractivity contribution in [1.29, 1.82) is 0 Å². The monoisotopic (exact) mass is 361 g/mol. The molecule has 1 aliphatic heterocycles. The van der Waals surface area contributed by atoms with Crippen LogP contribution in [0.5, 0.6) is 5.75 Å². The van der Waals surface area contributed by atoms with E-state index in [9.17, 15) is 4.79 Å². The maximum atomic E-state index is 11.8. The van der Waals surface area contributed by atoms with Crippen molar-refractivity contribution < 1.29 is 14.4 Å². The molecule has 0 fully saturated rings. The molecule has 0 aliphatic carbocycles. The van der Waals surface area contributed by atoms with E-state index >= 15 is 0 Å². The van der Waals surface area contributed by atoms with E-state index in [-0.39, 0.29) is 6.61 Å². The molecule has 0 aromatic heterocycles. The summed E-state index contributed by atoms with van der Waals surface area (Å²) in [6.45, 7) is -0.200. The number of ether oxygens (including phenoxy) is 1.